The Morgan fingerprint density at radius 3 is 2.52 bits per heavy atom. The minimum atomic E-state index is -0.519. The van der Waals surface area contributed by atoms with Crippen LogP contribution in [0.15, 0.2) is 53.5 Å². The molecule has 2 aromatic carbocycles. The van der Waals surface area contributed by atoms with Crippen LogP contribution in [0.5, 0.6) is 0 Å². The van der Waals surface area contributed by atoms with Gasteiger partial charge in [-0.15, -0.1) is 0 Å². The first-order valence-corrected chi connectivity index (χ1v) is 9.22. The van der Waals surface area contributed by atoms with Gasteiger partial charge in [0.05, 0.1) is 18.3 Å². The van der Waals surface area contributed by atoms with E-state index >= 15 is 0 Å². The molecule has 0 aromatic heterocycles. The zero-order valence-corrected chi connectivity index (χ0v) is 16.2. The van der Waals surface area contributed by atoms with Gasteiger partial charge in [0.25, 0.3) is 0 Å². The van der Waals surface area contributed by atoms with Gasteiger partial charge in [-0.3, -0.25) is 0 Å². The summed E-state index contributed by atoms with van der Waals surface area (Å²) in [4.78, 5) is 6.24. The van der Waals surface area contributed by atoms with Crippen LogP contribution < -0.4 is 15.5 Å². The van der Waals surface area contributed by atoms with Crippen molar-refractivity contribution in [2.45, 2.75) is 26.0 Å². The number of aliphatic hydroxyl groups excluding tert-OH is 1. The molecule has 6 heteroatoms. The molecule has 2 aromatic rings. The van der Waals surface area contributed by atoms with Crippen LogP contribution in [0.1, 0.15) is 30.6 Å². The van der Waals surface area contributed by atoms with E-state index < -0.39 is 6.10 Å². The topological polar surface area (TPSA) is 59.9 Å². The zero-order chi connectivity index (χ0) is 19.6. The van der Waals surface area contributed by atoms with Crippen molar-refractivity contribution in [3.05, 3.63) is 65.5 Å². The fraction of sp³-hybridized carbons (Fsp3) is 0.381. The van der Waals surface area contributed by atoms with Crippen LogP contribution in [0, 0.1) is 5.82 Å². The molecule has 0 amide bonds. The highest BCUT2D eigenvalue weighted by atomic mass is 19.1. The van der Waals surface area contributed by atoms with Gasteiger partial charge in [0, 0.05) is 27.2 Å². The molecule has 0 fully saturated rings. The van der Waals surface area contributed by atoms with E-state index in [1.165, 1.54) is 6.07 Å². The fourth-order valence-corrected chi connectivity index (χ4v) is 2.69. The summed E-state index contributed by atoms with van der Waals surface area (Å²) in [6.45, 7) is 3.67. The Morgan fingerprint density at radius 2 is 1.89 bits per heavy atom. The second kappa shape index (κ2) is 10.5. The highest BCUT2D eigenvalue weighted by Crippen LogP contribution is 2.18. The minimum Gasteiger partial charge on any atom is -0.388 e. The molecule has 0 spiro atoms. The maximum atomic E-state index is 14.1. The molecule has 3 N–H and O–H groups in total. The van der Waals surface area contributed by atoms with Gasteiger partial charge in [-0.05, 0) is 36.6 Å². The van der Waals surface area contributed by atoms with Crippen molar-refractivity contribution in [1.82, 2.24) is 10.6 Å². The average molecular weight is 372 g/mol. The maximum Gasteiger partial charge on any atom is 0.191 e. The lowest BCUT2D eigenvalue weighted by molar-refractivity contribution is 0.168. The van der Waals surface area contributed by atoms with Gasteiger partial charge in [0.1, 0.15) is 5.82 Å². The van der Waals surface area contributed by atoms with Crippen LogP contribution in [0.25, 0.3) is 0 Å². The first kappa shape index (κ1) is 20.7. The molecule has 0 saturated heterocycles. The van der Waals surface area contributed by atoms with Crippen LogP contribution >= 0.6 is 0 Å². The molecular weight excluding hydrogens is 343 g/mol. The second-order valence-electron chi connectivity index (χ2n) is 6.52. The lowest BCUT2D eigenvalue weighted by atomic mass is 10.1. The summed E-state index contributed by atoms with van der Waals surface area (Å²) in [6, 6.07) is 14.7. The smallest absolute Gasteiger partial charge is 0.191 e. The van der Waals surface area contributed by atoms with Crippen molar-refractivity contribution in [3.8, 4) is 0 Å². The van der Waals surface area contributed by atoms with Crippen molar-refractivity contribution in [2.24, 2.45) is 4.99 Å². The van der Waals surface area contributed by atoms with E-state index in [0.717, 1.165) is 17.7 Å². The molecule has 146 valence electrons. The number of hydrogen-bond donors (Lipinski definition) is 3. The largest absolute Gasteiger partial charge is 0.388 e. The Labute approximate surface area is 160 Å². The molecule has 0 aliphatic carbocycles. The molecular formula is C21H29FN4O. The lowest BCUT2D eigenvalue weighted by Crippen LogP contribution is -2.38. The van der Waals surface area contributed by atoms with E-state index in [-0.39, 0.29) is 5.82 Å². The zero-order valence-electron chi connectivity index (χ0n) is 16.2. The third-order valence-electron chi connectivity index (χ3n) is 4.15. The van der Waals surface area contributed by atoms with Gasteiger partial charge in [0.15, 0.2) is 5.96 Å². The summed E-state index contributed by atoms with van der Waals surface area (Å²) >= 11 is 0. The Morgan fingerprint density at radius 1 is 1.15 bits per heavy atom. The molecule has 0 saturated carbocycles. The monoisotopic (exact) mass is 372 g/mol. The van der Waals surface area contributed by atoms with Gasteiger partial charge < -0.3 is 20.6 Å². The van der Waals surface area contributed by atoms with Crippen molar-refractivity contribution in [2.75, 3.05) is 32.1 Å². The summed E-state index contributed by atoms with van der Waals surface area (Å²) in [5, 5.41) is 16.6. The van der Waals surface area contributed by atoms with Gasteiger partial charge in [0.2, 0.25) is 0 Å². The molecule has 2 rings (SSSR count). The number of nitrogens with zero attached hydrogens (tertiary/aromatic N) is 2. The number of aliphatic hydroxyl groups is 1. The Bertz CT molecular complexity index is 734. The highest BCUT2D eigenvalue weighted by molar-refractivity contribution is 5.79. The third kappa shape index (κ3) is 6.57. The number of aliphatic imine (C=N–C) groups is 1. The Balaban J connectivity index is 1.91. The second-order valence-corrected chi connectivity index (χ2v) is 6.52. The minimum absolute atomic E-state index is 0.253. The van der Waals surface area contributed by atoms with Gasteiger partial charge in [-0.2, -0.15) is 0 Å². The van der Waals surface area contributed by atoms with Gasteiger partial charge >= 0.3 is 0 Å². The van der Waals surface area contributed by atoms with Gasteiger partial charge in [-0.25, -0.2) is 9.38 Å². The predicted molar refractivity (Wildman–Crippen MR) is 110 cm³/mol. The fourth-order valence-electron chi connectivity index (χ4n) is 2.69. The summed E-state index contributed by atoms with van der Waals surface area (Å²) in [5.74, 6) is 0.395. The van der Waals surface area contributed by atoms with Crippen LogP contribution in [0.2, 0.25) is 0 Å². The number of guanidine groups is 1. The van der Waals surface area contributed by atoms with Crippen molar-refractivity contribution in [1.29, 1.82) is 0 Å². The van der Waals surface area contributed by atoms with Crippen LogP contribution in [-0.4, -0.2) is 38.3 Å². The number of rotatable bonds is 8. The maximum absolute atomic E-state index is 14.1. The molecule has 0 bridgehead atoms. The Hall–Kier alpha value is -2.60. The molecule has 27 heavy (non-hydrogen) atoms. The number of hydrogen-bond acceptors (Lipinski definition) is 3. The van der Waals surface area contributed by atoms with E-state index in [0.29, 0.717) is 31.2 Å². The van der Waals surface area contributed by atoms with Gasteiger partial charge in [-0.1, -0.05) is 36.4 Å². The summed E-state index contributed by atoms with van der Waals surface area (Å²) in [5.41, 5.74) is 2.26. The summed E-state index contributed by atoms with van der Waals surface area (Å²) in [6.07, 6.45) is 0.0508. The molecule has 0 radical (unpaired) electrons. The molecule has 0 aliphatic rings. The van der Waals surface area contributed by atoms with Crippen molar-refractivity contribution >= 4 is 11.6 Å². The lowest BCUT2D eigenvalue weighted by Gasteiger charge is -2.15. The first-order valence-electron chi connectivity index (χ1n) is 9.22. The van der Waals surface area contributed by atoms with E-state index in [4.69, 9.17) is 0 Å². The summed E-state index contributed by atoms with van der Waals surface area (Å²) < 4.78 is 14.1. The van der Waals surface area contributed by atoms with Crippen molar-refractivity contribution in [3.63, 3.8) is 0 Å². The summed E-state index contributed by atoms with van der Waals surface area (Å²) in [7, 11) is 3.63. The third-order valence-corrected chi connectivity index (χ3v) is 4.15. The van der Waals surface area contributed by atoms with E-state index in [2.05, 4.69) is 15.6 Å². The van der Waals surface area contributed by atoms with Crippen LogP contribution in [0.3, 0.4) is 0 Å². The molecule has 1 atom stereocenters. The van der Waals surface area contributed by atoms with Crippen LogP contribution in [0.4, 0.5) is 10.1 Å². The average Bonchev–Trinajstić information content (AvgIpc) is 2.66. The normalized spacial score (nSPS) is 12.6. The predicted octanol–water partition coefficient (Wildman–Crippen LogP) is 3.07. The molecule has 1 unspecified atom stereocenters. The number of anilines is 1. The highest BCUT2D eigenvalue weighted by Gasteiger charge is 2.08. The molecule has 5 nitrogen and oxygen atoms in total. The van der Waals surface area contributed by atoms with Crippen LogP contribution in [-0.2, 0) is 6.54 Å². The SMILES string of the molecule is CCNC(=NCc1ccc(N(C)C)c(F)c1)NCCC(O)c1ccccc1. The molecule has 0 aliphatic heterocycles. The van der Waals surface area contributed by atoms with Crippen molar-refractivity contribution < 1.29 is 9.50 Å². The van der Waals surface area contributed by atoms with E-state index in [1.807, 2.05) is 57.4 Å². The first-order chi connectivity index (χ1) is 13.0. The standard InChI is InChI=1S/C21H29FN4O/c1-4-23-21(24-13-12-20(27)17-8-6-5-7-9-17)25-15-16-10-11-19(26(2)3)18(22)14-16/h5-11,14,20,27H,4,12-13,15H2,1-3H3,(H2,23,24,25). The van der Waals surface area contributed by atoms with E-state index in [9.17, 15) is 9.50 Å². The quantitative estimate of drug-likeness (QED) is 0.492. The number of benzene rings is 2. The van der Waals surface area contributed by atoms with E-state index in [1.54, 1.807) is 11.0 Å². The molecule has 0 heterocycles. The Kier molecular flexibility index (Phi) is 8.07. The number of halogens is 1. The number of nitrogens with one attached hydrogen (secondary N) is 2.